The molecule has 0 saturated heterocycles. The van der Waals surface area contributed by atoms with Crippen molar-refractivity contribution in [1.29, 1.82) is 0 Å². The molecule has 0 aromatic carbocycles. The van der Waals surface area contributed by atoms with Gasteiger partial charge in [0.05, 0.1) is 9.88 Å². The second kappa shape index (κ2) is 4.93. The summed E-state index contributed by atoms with van der Waals surface area (Å²) in [6.07, 6.45) is 1.89. The summed E-state index contributed by atoms with van der Waals surface area (Å²) in [7, 11) is 0. The van der Waals surface area contributed by atoms with Crippen molar-refractivity contribution in [1.82, 2.24) is 15.2 Å². The highest BCUT2D eigenvalue weighted by Crippen LogP contribution is 2.35. The van der Waals surface area contributed by atoms with Gasteiger partial charge < -0.3 is 5.32 Å². The van der Waals surface area contributed by atoms with Gasteiger partial charge in [-0.05, 0) is 13.8 Å². The maximum absolute atomic E-state index is 4.47. The molecule has 0 radical (unpaired) electrons. The standard InChI is InChI=1S/C12H18N4S2/c1-7(2)14-11-16-15-9(18-11)8-6-13-10(17-8)12(3,4)5/h6-7H,1-5H3,(H,14,16). The van der Waals surface area contributed by atoms with Crippen LogP contribution in [-0.2, 0) is 5.41 Å². The third kappa shape index (κ3) is 3.05. The normalized spacial score (nSPS) is 12.1. The number of thiazole rings is 1. The fourth-order valence-corrected chi connectivity index (χ4v) is 3.25. The van der Waals surface area contributed by atoms with Crippen LogP contribution in [0.1, 0.15) is 39.6 Å². The molecular formula is C12H18N4S2. The van der Waals surface area contributed by atoms with Gasteiger partial charge in [-0.15, -0.1) is 21.5 Å². The number of hydrogen-bond acceptors (Lipinski definition) is 6. The van der Waals surface area contributed by atoms with Gasteiger partial charge in [0.2, 0.25) is 5.13 Å². The minimum Gasteiger partial charge on any atom is -0.358 e. The van der Waals surface area contributed by atoms with Crippen molar-refractivity contribution in [2.45, 2.75) is 46.1 Å². The predicted molar refractivity (Wildman–Crippen MR) is 78.5 cm³/mol. The van der Waals surface area contributed by atoms with Gasteiger partial charge in [-0.3, -0.25) is 0 Å². The van der Waals surface area contributed by atoms with Crippen molar-refractivity contribution in [2.75, 3.05) is 5.32 Å². The van der Waals surface area contributed by atoms with Crippen molar-refractivity contribution < 1.29 is 0 Å². The molecule has 0 aliphatic rings. The maximum Gasteiger partial charge on any atom is 0.206 e. The van der Waals surface area contributed by atoms with Crippen molar-refractivity contribution in [3.8, 4) is 9.88 Å². The van der Waals surface area contributed by atoms with Gasteiger partial charge in [0.1, 0.15) is 0 Å². The Hall–Kier alpha value is -1.01. The lowest BCUT2D eigenvalue weighted by Crippen LogP contribution is -2.09. The smallest absolute Gasteiger partial charge is 0.206 e. The summed E-state index contributed by atoms with van der Waals surface area (Å²) < 4.78 is 0. The molecule has 0 amide bonds. The molecule has 0 bridgehead atoms. The second-order valence-electron chi connectivity index (χ2n) is 5.49. The molecule has 0 atom stereocenters. The minimum atomic E-state index is 0.0899. The molecular weight excluding hydrogens is 264 g/mol. The van der Waals surface area contributed by atoms with Gasteiger partial charge in [0.15, 0.2) is 5.01 Å². The van der Waals surface area contributed by atoms with E-state index in [2.05, 4.69) is 55.1 Å². The average Bonchev–Trinajstić information content (AvgIpc) is 2.81. The highest BCUT2D eigenvalue weighted by Gasteiger charge is 2.19. The Morgan fingerprint density at radius 3 is 2.44 bits per heavy atom. The summed E-state index contributed by atoms with van der Waals surface area (Å²) in [6, 6.07) is 0.373. The molecule has 1 N–H and O–H groups in total. The lowest BCUT2D eigenvalue weighted by molar-refractivity contribution is 0.585. The quantitative estimate of drug-likeness (QED) is 0.930. The van der Waals surface area contributed by atoms with Crippen molar-refractivity contribution >= 4 is 27.8 Å². The van der Waals surface area contributed by atoms with Gasteiger partial charge in [-0.25, -0.2) is 4.98 Å². The topological polar surface area (TPSA) is 50.7 Å². The van der Waals surface area contributed by atoms with Crippen LogP contribution >= 0.6 is 22.7 Å². The number of nitrogens with zero attached hydrogens (tertiary/aromatic N) is 3. The van der Waals surface area contributed by atoms with Crippen LogP contribution < -0.4 is 5.32 Å². The van der Waals surface area contributed by atoms with Crippen LogP contribution in [0.15, 0.2) is 6.20 Å². The molecule has 0 saturated carbocycles. The Labute approximate surface area is 116 Å². The number of aromatic nitrogens is 3. The van der Waals surface area contributed by atoms with Crippen LogP contribution in [0.5, 0.6) is 0 Å². The molecule has 4 nitrogen and oxygen atoms in total. The average molecular weight is 282 g/mol. The fourth-order valence-electron chi connectivity index (χ4n) is 1.35. The Kier molecular flexibility index (Phi) is 3.68. The van der Waals surface area contributed by atoms with Gasteiger partial charge in [-0.2, -0.15) is 0 Å². The first-order chi connectivity index (χ1) is 8.36. The molecule has 0 unspecified atom stereocenters. The predicted octanol–water partition coefficient (Wildman–Crippen LogP) is 3.78. The van der Waals surface area contributed by atoms with Gasteiger partial charge in [0.25, 0.3) is 0 Å². The third-order valence-electron chi connectivity index (χ3n) is 2.20. The number of nitrogens with one attached hydrogen (secondary N) is 1. The summed E-state index contributed by atoms with van der Waals surface area (Å²) in [4.78, 5) is 5.56. The van der Waals surface area contributed by atoms with E-state index in [1.165, 1.54) is 0 Å². The molecule has 2 heterocycles. The van der Waals surface area contributed by atoms with E-state index in [-0.39, 0.29) is 5.41 Å². The molecule has 0 aliphatic carbocycles. The molecule has 0 spiro atoms. The first-order valence-electron chi connectivity index (χ1n) is 5.93. The second-order valence-corrected chi connectivity index (χ2v) is 7.50. The fraction of sp³-hybridized carbons (Fsp3) is 0.583. The van der Waals surface area contributed by atoms with Crippen LogP contribution in [0, 0.1) is 0 Å². The van der Waals surface area contributed by atoms with E-state index in [0.717, 1.165) is 20.0 Å². The molecule has 0 aliphatic heterocycles. The number of hydrogen-bond donors (Lipinski definition) is 1. The SMILES string of the molecule is CC(C)Nc1nnc(-c2cnc(C(C)(C)C)s2)s1. The zero-order valence-corrected chi connectivity index (χ0v) is 12.9. The Morgan fingerprint density at radius 2 is 1.89 bits per heavy atom. The maximum atomic E-state index is 4.47. The third-order valence-corrected chi connectivity index (χ3v) is 4.64. The first kappa shape index (κ1) is 13.4. The van der Waals surface area contributed by atoms with E-state index in [1.807, 2.05) is 6.20 Å². The molecule has 2 aromatic heterocycles. The molecule has 6 heteroatoms. The minimum absolute atomic E-state index is 0.0899. The van der Waals surface area contributed by atoms with Crippen molar-refractivity contribution in [2.24, 2.45) is 0 Å². The Balaban J connectivity index is 2.21. The van der Waals surface area contributed by atoms with E-state index in [0.29, 0.717) is 6.04 Å². The Bertz CT molecular complexity index is 522. The first-order valence-corrected chi connectivity index (χ1v) is 7.56. The summed E-state index contributed by atoms with van der Waals surface area (Å²) >= 11 is 3.27. The summed E-state index contributed by atoms with van der Waals surface area (Å²) in [5, 5.41) is 14.5. The lowest BCUT2D eigenvalue weighted by Gasteiger charge is -2.13. The molecule has 2 aromatic rings. The summed E-state index contributed by atoms with van der Waals surface area (Å²) in [6.45, 7) is 10.7. The highest BCUT2D eigenvalue weighted by atomic mass is 32.1. The van der Waals surface area contributed by atoms with Crippen LogP contribution in [0.2, 0.25) is 0 Å². The van der Waals surface area contributed by atoms with Crippen LogP contribution in [0.3, 0.4) is 0 Å². The summed E-state index contributed by atoms with van der Waals surface area (Å²) in [5.41, 5.74) is 0.0899. The van der Waals surface area contributed by atoms with E-state index >= 15 is 0 Å². The van der Waals surface area contributed by atoms with E-state index in [4.69, 9.17) is 0 Å². The largest absolute Gasteiger partial charge is 0.358 e. The molecule has 2 rings (SSSR count). The Morgan fingerprint density at radius 1 is 1.17 bits per heavy atom. The van der Waals surface area contributed by atoms with Crippen molar-refractivity contribution in [3.05, 3.63) is 11.2 Å². The summed E-state index contributed by atoms with van der Waals surface area (Å²) in [5.74, 6) is 0. The van der Waals surface area contributed by atoms with Gasteiger partial charge in [0, 0.05) is 17.7 Å². The van der Waals surface area contributed by atoms with Crippen LogP contribution in [-0.4, -0.2) is 21.2 Å². The van der Waals surface area contributed by atoms with E-state index in [9.17, 15) is 0 Å². The van der Waals surface area contributed by atoms with Crippen LogP contribution in [0.4, 0.5) is 5.13 Å². The zero-order chi connectivity index (χ0) is 13.3. The molecule has 18 heavy (non-hydrogen) atoms. The van der Waals surface area contributed by atoms with Crippen molar-refractivity contribution in [3.63, 3.8) is 0 Å². The zero-order valence-electron chi connectivity index (χ0n) is 11.3. The van der Waals surface area contributed by atoms with E-state index < -0.39 is 0 Å². The van der Waals surface area contributed by atoms with Gasteiger partial charge in [-0.1, -0.05) is 32.1 Å². The monoisotopic (exact) mass is 282 g/mol. The van der Waals surface area contributed by atoms with Gasteiger partial charge >= 0.3 is 0 Å². The van der Waals surface area contributed by atoms with Crippen LogP contribution in [0.25, 0.3) is 9.88 Å². The molecule has 0 fully saturated rings. The lowest BCUT2D eigenvalue weighted by atomic mass is 9.98. The van der Waals surface area contributed by atoms with E-state index in [1.54, 1.807) is 22.7 Å². The number of rotatable bonds is 3. The highest BCUT2D eigenvalue weighted by molar-refractivity contribution is 7.23. The molecule has 98 valence electrons. The number of anilines is 1.